The predicted octanol–water partition coefficient (Wildman–Crippen LogP) is 3.71. The van der Waals surface area contributed by atoms with Crippen LogP contribution >= 0.6 is 11.6 Å². The molecule has 0 amide bonds. The largest absolute Gasteiger partial charge is 0.299 e. The summed E-state index contributed by atoms with van der Waals surface area (Å²) in [6.45, 7) is 4.10. The fourth-order valence-electron chi connectivity index (χ4n) is 3.14. The molecule has 2 rings (SSSR count). The Morgan fingerprint density at radius 1 is 1.47 bits per heavy atom. The van der Waals surface area contributed by atoms with Gasteiger partial charge in [0.2, 0.25) is 0 Å². The Bertz CT molecular complexity index is 467. The normalized spacial score (nSPS) is 23.6. The minimum atomic E-state index is 0.227. The number of carbonyl (C=O) groups is 1. The van der Waals surface area contributed by atoms with Gasteiger partial charge < -0.3 is 0 Å². The number of carbonyl (C=O) groups excluding carboxylic acids is 1. The maximum absolute atomic E-state index is 12.4. The van der Waals surface area contributed by atoms with E-state index in [-0.39, 0.29) is 5.92 Å². The number of ketones is 1. The number of aromatic nitrogens is 2. The highest BCUT2D eigenvalue weighted by Crippen LogP contribution is 2.32. The van der Waals surface area contributed by atoms with E-state index in [0.29, 0.717) is 17.2 Å². The molecular formula is C15H23ClN2O. The quantitative estimate of drug-likeness (QED) is 0.844. The van der Waals surface area contributed by atoms with Crippen LogP contribution in [0.25, 0.3) is 0 Å². The summed E-state index contributed by atoms with van der Waals surface area (Å²) >= 11 is 6.22. The van der Waals surface area contributed by atoms with Crippen molar-refractivity contribution in [3.8, 4) is 0 Å². The monoisotopic (exact) mass is 282 g/mol. The summed E-state index contributed by atoms with van der Waals surface area (Å²) < 4.78 is 1.75. The molecule has 1 aromatic rings. The number of halogens is 1. The summed E-state index contributed by atoms with van der Waals surface area (Å²) in [5.74, 6) is 1.29. The van der Waals surface area contributed by atoms with Crippen LogP contribution in [0.3, 0.4) is 0 Å². The summed E-state index contributed by atoms with van der Waals surface area (Å²) in [4.78, 5) is 12.4. The third-order valence-electron chi connectivity index (χ3n) is 4.42. The first-order valence-electron chi connectivity index (χ1n) is 7.23. The topological polar surface area (TPSA) is 34.9 Å². The second-order valence-electron chi connectivity index (χ2n) is 5.75. The van der Waals surface area contributed by atoms with E-state index in [4.69, 9.17) is 11.6 Å². The first kappa shape index (κ1) is 14.6. The maximum Gasteiger partial charge on any atom is 0.141 e. The van der Waals surface area contributed by atoms with Gasteiger partial charge in [0.1, 0.15) is 5.78 Å². The first-order chi connectivity index (χ1) is 9.02. The second kappa shape index (κ2) is 6.08. The standard InChI is InChI=1S/C15H23ClN2O/c1-4-11-6-5-7-12(8-11)14(19)9-13-15(16)10(2)17-18(13)3/h11-12H,4-9H2,1-3H3. The molecular weight excluding hydrogens is 260 g/mol. The van der Waals surface area contributed by atoms with E-state index in [1.807, 2.05) is 14.0 Å². The Balaban J connectivity index is 2.04. The zero-order valence-corrected chi connectivity index (χ0v) is 12.8. The van der Waals surface area contributed by atoms with E-state index in [1.54, 1.807) is 4.68 Å². The fraction of sp³-hybridized carbons (Fsp3) is 0.733. The van der Waals surface area contributed by atoms with Crippen molar-refractivity contribution in [2.24, 2.45) is 18.9 Å². The van der Waals surface area contributed by atoms with Gasteiger partial charge in [-0.25, -0.2) is 0 Å². The van der Waals surface area contributed by atoms with Crippen LogP contribution in [0.1, 0.15) is 50.4 Å². The average Bonchev–Trinajstić information content (AvgIpc) is 2.65. The van der Waals surface area contributed by atoms with Gasteiger partial charge in [-0.05, 0) is 25.7 Å². The van der Waals surface area contributed by atoms with Crippen molar-refractivity contribution in [2.45, 2.75) is 52.4 Å². The van der Waals surface area contributed by atoms with Gasteiger partial charge in [-0.2, -0.15) is 5.10 Å². The van der Waals surface area contributed by atoms with Gasteiger partial charge in [-0.3, -0.25) is 9.48 Å². The minimum Gasteiger partial charge on any atom is -0.299 e. The molecule has 1 saturated carbocycles. The lowest BCUT2D eigenvalue weighted by Crippen LogP contribution is -2.24. The number of aryl methyl sites for hydroxylation is 2. The Labute approximate surface area is 120 Å². The molecule has 1 heterocycles. The van der Waals surface area contributed by atoms with Crippen molar-refractivity contribution < 1.29 is 4.79 Å². The molecule has 0 aliphatic heterocycles. The number of rotatable bonds is 4. The van der Waals surface area contributed by atoms with Gasteiger partial charge in [-0.1, -0.05) is 37.8 Å². The number of nitrogens with zero attached hydrogens (tertiary/aromatic N) is 2. The van der Waals surface area contributed by atoms with Crippen LogP contribution in [-0.2, 0) is 18.3 Å². The molecule has 106 valence electrons. The molecule has 0 bridgehead atoms. The summed E-state index contributed by atoms with van der Waals surface area (Å²) in [5.41, 5.74) is 1.67. The highest BCUT2D eigenvalue weighted by molar-refractivity contribution is 6.32. The molecule has 1 aliphatic rings. The van der Waals surface area contributed by atoms with E-state index in [9.17, 15) is 4.79 Å². The maximum atomic E-state index is 12.4. The van der Waals surface area contributed by atoms with Gasteiger partial charge in [0.25, 0.3) is 0 Å². The van der Waals surface area contributed by atoms with Crippen molar-refractivity contribution in [1.82, 2.24) is 9.78 Å². The molecule has 3 nitrogen and oxygen atoms in total. The van der Waals surface area contributed by atoms with Crippen molar-refractivity contribution >= 4 is 17.4 Å². The zero-order chi connectivity index (χ0) is 14.0. The average molecular weight is 283 g/mol. The minimum absolute atomic E-state index is 0.227. The Morgan fingerprint density at radius 2 is 2.21 bits per heavy atom. The summed E-state index contributed by atoms with van der Waals surface area (Å²) in [7, 11) is 1.86. The highest BCUT2D eigenvalue weighted by Gasteiger charge is 2.27. The fourth-order valence-corrected chi connectivity index (χ4v) is 3.36. The van der Waals surface area contributed by atoms with Gasteiger partial charge in [0.15, 0.2) is 0 Å². The molecule has 1 aromatic heterocycles. The molecule has 2 unspecified atom stereocenters. The van der Waals surface area contributed by atoms with E-state index in [2.05, 4.69) is 12.0 Å². The highest BCUT2D eigenvalue weighted by atomic mass is 35.5. The smallest absolute Gasteiger partial charge is 0.141 e. The molecule has 0 spiro atoms. The van der Waals surface area contributed by atoms with Crippen LogP contribution in [0, 0.1) is 18.8 Å². The molecule has 0 aromatic carbocycles. The third-order valence-corrected chi connectivity index (χ3v) is 4.91. The number of Topliss-reactive ketones (excluding diaryl/α,β-unsaturated/α-hetero) is 1. The molecule has 19 heavy (non-hydrogen) atoms. The lowest BCUT2D eigenvalue weighted by atomic mass is 9.77. The number of hydrogen-bond donors (Lipinski definition) is 0. The lowest BCUT2D eigenvalue weighted by molar-refractivity contribution is -0.123. The first-order valence-corrected chi connectivity index (χ1v) is 7.61. The second-order valence-corrected chi connectivity index (χ2v) is 6.13. The van der Waals surface area contributed by atoms with Crippen LogP contribution in [0.5, 0.6) is 0 Å². The van der Waals surface area contributed by atoms with E-state index in [1.165, 1.54) is 19.3 Å². The van der Waals surface area contributed by atoms with Crippen molar-refractivity contribution in [1.29, 1.82) is 0 Å². The summed E-state index contributed by atoms with van der Waals surface area (Å²) in [5, 5.41) is 4.92. The predicted molar refractivity (Wildman–Crippen MR) is 77.4 cm³/mol. The van der Waals surface area contributed by atoms with Gasteiger partial charge in [-0.15, -0.1) is 0 Å². The SMILES string of the molecule is CCC1CCCC(C(=O)Cc2c(Cl)c(C)nn2C)C1. The Kier molecular flexibility index (Phi) is 4.67. The van der Waals surface area contributed by atoms with Gasteiger partial charge >= 0.3 is 0 Å². The molecule has 0 N–H and O–H groups in total. The molecule has 1 aliphatic carbocycles. The van der Waals surface area contributed by atoms with Crippen molar-refractivity contribution in [3.05, 3.63) is 16.4 Å². The summed E-state index contributed by atoms with van der Waals surface area (Å²) in [6.07, 6.45) is 6.19. The molecule has 4 heteroatoms. The van der Waals surface area contributed by atoms with Crippen LogP contribution in [0.4, 0.5) is 0 Å². The van der Waals surface area contributed by atoms with Crippen LogP contribution in [0.2, 0.25) is 5.02 Å². The molecule has 2 atom stereocenters. The van der Waals surface area contributed by atoms with Crippen LogP contribution in [-0.4, -0.2) is 15.6 Å². The Morgan fingerprint density at radius 3 is 2.79 bits per heavy atom. The van der Waals surface area contributed by atoms with Crippen LogP contribution < -0.4 is 0 Å². The van der Waals surface area contributed by atoms with E-state index in [0.717, 1.165) is 30.1 Å². The van der Waals surface area contributed by atoms with E-state index < -0.39 is 0 Å². The van der Waals surface area contributed by atoms with Crippen molar-refractivity contribution in [2.75, 3.05) is 0 Å². The Hall–Kier alpha value is -0.830. The van der Waals surface area contributed by atoms with Gasteiger partial charge in [0, 0.05) is 13.0 Å². The molecule has 0 radical (unpaired) electrons. The van der Waals surface area contributed by atoms with E-state index >= 15 is 0 Å². The van der Waals surface area contributed by atoms with Crippen LogP contribution in [0.15, 0.2) is 0 Å². The molecule has 0 saturated heterocycles. The van der Waals surface area contributed by atoms with Crippen molar-refractivity contribution in [3.63, 3.8) is 0 Å². The lowest BCUT2D eigenvalue weighted by Gasteiger charge is -2.27. The van der Waals surface area contributed by atoms with Gasteiger partial charge in [0.05, 0.1) is 22.8 Å². The number of hydrogen-bond acceptors (Lipinski definition) is 2. The third kappa shape index (κ3) is 3.19. The summed E-state index contributed by atoms with van der Waals surface area (Å²) in [6, 6.07) is 0. The zero-order valence-electron chi connectivity index (χ0n) is 12.1. The molecule has 1 fully saturated rings.